The minimum Gasteiger partial charge on any atom is -0.490 e. The van der Waals surface area contributed by atoms with Crippen molar-refractivity contribution in [3.8, 4) is 11.5 Å². The molecule has 7 nitrogen and oxygen atoms in total. The Bertz CT molecular complexity index is 764. The summed E-state index contributed by atoms with van der Waals surface area (Å²) < 4.78 is 11.4. The number of aromatic nitrogens is 1. The number of amides is 1. The van der Waals surface area contributed by atoms with Crippen LogP contribution in [0.3, 0.4) is 0 Å². The van der Waals surface area contributed by atoms with Crippen LogP contribution in [-0.2, 0) is 11.4 Å². The van der Waals surface area contributed by atoms with Gasteiger partial charge in [0.15, 0.2) is 11.5 Å². The third-order valence-electron chi connectivity index (χ3n) is 3.76. The van der Waals surface area contributed by atoms with Crippen molar-refractivity contribution in [1.29, 1.82) is 0 Å². The molecule has 0 saturated heterocycles. The monoisotopic (exact) mass is 372 g/mol. The largest absolute Gasteiger partial charge is 0.490 e. The number of ether oxygens (including phenoxy) is 2. The smallest absolute Gasteiger partial charge is 0.303 e. The fraction of sp³-hybridized carbons (Fsp3) is 0.350. The van der Waals surface area contributed by atoms with Gasteiger partial charge in [0.05, 0.1) is 6.61 Å². The lowest BCUT2D eigenvalue weighted by molar-refractivity contribution is -0.137. The zero-order chi connectivity index (χ0) is 19.6. The first-order valence-corrected chi connectivity index (χ1v) is 8.78. The molecule has 2 N–H and O–H groups in total. The lowest BCUT2D eigenvalue weighted by atomic mass is 10.1. The summed E-state index contributed by atoms with van der Waals surface area (Å²) in [5.41, 5.74) is 1.35. The van der Waals surface area contributed by atoms with Crippen LogP contribution in [0.4, 0.5) is 0 Å². The Morgan fingerprint density at radius 2 is 2.04 bits per heavy atom. The first-order valence-electron chi connectivity index (χ1n) is 8.78. The number of rotatable bonds is 10. The predicted molar refractivity (Wildman–Crippen MR) is 99.9 cm³/mol. The number of hydrogen-bond acceptors (Lipinski definition) is 5. The minimum atomic E-state index is -0.884. The summed E-state index contributed by atoms with van der Waals surface area (Å²) in [6.07, 6.45) is 3.42. The van der Waals surface area contributed by atoms with Crippen LogP contribution in [-0.4, -0.2) is 35.1 Å². The average molecular weight is 372 g/mol. The maximum Gasteiger partial charge on any atom is 0.303 e. The highest BCUT2D eigenvalue weighted by molar-refractivity contribution is 5.94. The zero-order valence-electron chi connectivity index (χ0n) is 15.5. The fourth-order valence-electron chi connectivity index (χ4n) is 2.42. The first kappa shape index (κ1) is 20.2. The molecule has 0 aliphatic heterocycles. The highest BCUT2D eigenvalue weighted by atomic mass is 16.5. The number of carbonyl (C=O) groups is 2. The van der Waals surface area contributed by atoms with E-state index in [9.17, 15) is 9.59 Å². The van der Waals surface area contributed by atoms with Crippen LogP contribution < -0.4 is 14.8 Å². The molecule has 0 radical (unpaired) electrons. The number of nitrogens with one attached hydrogen (secondary N) is 1. The summed E-state index contributed by atoms with van der Waals surface area (Å²) in [7, 11) is 0. The van der Waals surface area contributed by atoms with E-state index in [4.69, 9.17) is 14.6 Å². The third-order valence-corrected chi connectivity index (χ3v) is 3.76. The minimum absolute atomic E-state index is 0.00555. The van der Waals surface area contributed by atoms with Gasteiger partial charge >= 0.3 is 5.97 Å². The van der Waals surface area contributed by atoms with E-state index in [1.165, 1.54) is 0 Å². The number of aliphatic carboxylic acids is 1. The van der Waals surface area contributed by atoms with Crippen molar-refractivity contribution in [2.45, 2.75) is 26.9 Å². The Hall–Kier alpha value is -3.09. The summed E-state index contributed by atoms with van der Waals surface area (Å²) >= 11 is 0. The van der Waals surface area contributed by atoms with Crippen molar-refractivity contribution >= 4 is 11.9 Å². The van der Waals surface area contributed by atoms with Crippen molar-refractivity contribution in [3.63, 3.8) is 0 Å². The van der Waals surface area contributed by atoms with Crippen LogP contribution in [0.1, 0.15) is 36.2 Å². The maximum atomic E-state index is 12.3. The van der Waals surface area contributed by atoms with E-state index in [1.807, 2.05) is 19.1 Å². The van der Waals surface area contributed by atoms with Gasteiger partial charge in [0.2, 0.25) is 0 Å². The molecule has 1 aromatic carbocycles. The molecule has 0 bridgehead atoms. The molecule has 0 saturated carbocycles. The van der Waals surface area contributed by atoms with Crippen molar-refractivity contribution in [3.05, 3.63) is 53.9 Å². The quantitative estimate of drug-likeness (QED) is 0.665. The van der Waals surface area contributed by atoms with Gasteiger partial charge in [0, 0.05) is 36.5 Å². The lowest BCUT2D eigenvalue weighted by Gasteiger charge is -2.14. The third kappa shape index (κ3) is 6.62. The summed E-state index contributed by atoms with van der Waals surface area (Å²) in [6, 6.07) is 8.71. The van der Waals surface area contributed by atoms with Crippen molar-refractivity contribution in [1.82, 2.24) is 10.3 Å². The molecule has 7 heteroatoms. The molecule has 144 valence electrons. The van der Waals surface area contributed by atoms with Crippen LogP contribution in [0.2, 0.25) is 0 Å². The average Bonchev–Trinajstić information content (AvgIpc) is 2.65. The first-order chi connectivity index (χ1) is 13.0. The van der Waals surface area contributed by atoms with Crippen LogP contribution in [0, 0.1) is 5.92 Å². The van der Waals surface area contributed by atoms with Gasteiger partial charge in [-0.15, -0.1) is 0 Å². The Kier molecular flexibility index (Phi) is 7.61. The summed E-state index contributed by atoms with van der Waals surface area (Å²) in [4.78, 5) is 27.1. The molecule has 0 spiro atoms. The number of benzene rings is 1. The molecule has 0 aliphatic carbocycles. The molecular formula is C20H24N2O5. The zero-order valence-corrected chi connectivity index (χ0v) is 15.5. The van der Waals surface area contributed by atoms with Gasteiger partial charge in [-0.3, -0.25) is 14.6 Å². The molecule has 0 fully saturated rings. The highest BCUT2D eigenvalue weighted by Gasteiger charge is 2.14. The molecule has 1 aromatic heterocycles. The van der Waals surface area contributed by atoms with Gasteiger partial charge in [-0.25, -0.2) is 0 Å². The SMILES string of the molecule is CCOc1cc(C(=O)NCC(C)CC(=O)O)ccc1OCc1cccnc1. The molecule has 27 heavy (non-hydrogen) atoms. The van der Waals surface area contributed by atoms with E-state index >= 15 is 0 Å². The molecule has 2 aromatic rings. The van der Waals surface area contributed by atoms with E-state index in [1.54, 1.807) is 37.5 Å². The standard InChI is InChI=1S/C20H24N2O5/c1-3-26-18-10-16(20(25)22-11-14(2)9-19(23)24)6-7-17(18)27-13-15-5-4-8-21-12-15/h4-8,10,12,14H,3,9,11,13H2,1-2H3,(H,22,25)(H,23,24). The van der Waals surface area contributed by atoms with E-state index in [2.05, 4.69) is 10.3 Å². The van der Waals surface area contributed by atoms with Gasteiger partial charge in [0.1, 0.15) is 6.61 Å². The normalized spacial score (nSPS) is 11.5. The number of carboxylic acids is 1. The summed E-state index contributed by atoms with van der Waals surface area (Å²) in [6.45, 7) is 4.69. The van der Waals surface area contributed by atoms with Gasteiger partial charge in [-0.1, -0.05) is 13.0 Å². The molecule has 1 heterocycles. The number of nitrogens with zero attached hydrogens (tertiary/aromatic N) is 1. The van der Waals surface area contributed by atoms with E-state index in [0.29, 0.717) is 30.3 Å². The molecule has 2 rings (SSSR count). The molecule has 1 atom stereocenters. The van der Waals surface area contributed by atoms with Crippen LogP contribution in [0.25, 0.3) is 0 Å². The second-order valence-corrected chi connectivity index (χ2v) is 6.16. The number of carbonyl (C=O) groups excluding carboxylic acids is 1. The highest BCUT2D eigenvalue weighted by Crippen LogP contribution is 2.29. The lowest BCUT2D eigenvalue weighted by Crippen LogP contribution is -2.29. The molecule has 1 amide bonds. The number of pyridine rings is 1. The van der Waals surface area contributed by atoms with Crippen LogP contribution >= 0.6 is 0 Å². The second kappa shape index (κ2) is 10.2. The predicted octanol–water partition coefficient (Wildman–Crippen LogP) is 2.90. The molecule has 1 unspecified atom stereocenters. The maximum absolute atomic E-state index is 12.3. The van der Waals surface area contributed by atoms with Gasteiger partial charge in [0.25, 0.3) is 5.91 Å². The van der Waals surface area contributed by atoms with Crippen LogP contribution in [0.15, 0.2) is 42.7 Å². The fourth-order valence-corrected chi connectivity index (χ4v) is 2.42. The van der Waals surface area contributed by atoms with Crippen molar-refractivity contribution in [2.24, 2.45) is 5.92 Å². The summed E-state index contributed by atoms with van der Waals surface area (Å²) in [5.74, 6) is -0.304. The van der Waals surface area contributed by atoms with E-state index in [0.717, 1.165) is 5.56 Å². The van der Waals surface area contributed by atoms with E-state index < -0.39 is 5.97 Å². The second-order valence-electron chi connectivity index (χ2n) is 6.16. The van der Waals surface area contributed by atoms with Gasteiger partial charge in [-0.2, -0.15) is 0 Å². The van der Waals surface area contributed by atoms with Crippen molar-refractivity contribution in [2.75, 3.05) is 13.2 Å². The molecule has 0 aliphatic rings. The molecular weight excluding hydrogens is 348 g/mol. The summed E-state index contributed by atoms with van der Waals surface area (Å²) in [5, 5.41) is 11.5. The number of carboxylic acid groups (broad SMARTS) is 1. The van der Waals surface area contributed by atoms with Gasteiger partial charge in [-0.05, 0) is 37.1 Å². The number of hydrogen-bond donors (Lipinski definition) is 2. The topological polar surface area (TPSA) is 97.8 Å². The van der Waals surface area contributed by atoms with Gasteiger partial charge < -0.3 is 19.9 Å². The Morgan fingerprint density at radius 3 is 2.70 bits per heavy atom. The van der Waals surface area contributed by atoms with Crippen LogP contribution in [0.5, 0.6) is 11.5 Å². The van der Waals surface area contributed by atoms with E-state index in [-0.39, 0.29) is 24.8 Å². The Labute approximate surface area is 158 Å². The van der Waals surface area contributed by atoms with Crippen molar-refractivity contribution < 1.29 is 24.2 Å². The Balaban J connectivity index is 2.02. The Morgan fingerprint density at radius 1 is 1.22 bits per heavy atom.